The molecule has 0 spiro atoms. The van der Waals surface area contributed by atoms with E-state index in [1.807, 2.05) is 27.0 Å². The number of imidazole rings is 2. The summed E-state index contributed by atoms with van der Waals surface area (Å²) in [6.07, 6.45) is 6.14. The average molecular weight is 690 g/mol. The minimum absolute atomic E-state index is 0.114. The van der Waals surface area contributed by atoms with Gasteiger partial charge >= 0.3 is 12.2 Å². The fourth-order valence-electron chi connectivity index (χ4n) is 7.00. The summed E-state index contributed by atoms with van der Waals surface area (Å²) >= 11 is 0. The van der Waals surface area contributed by atoms with Gasteiger partial charge in [0.05, 0.1) is 43.0 Å². The number of nitrogens with one attached hydrogen (secondary N) is 3. The number of rotatable bonds is 7. The number of alkyl carbamates (subject to hydrolysis) is 1. The van der Waals surface area contributed by atoms with Crippen LogP contribution in [-0.2, 0) is 14.3 Å². The Hall–Kier alpha value is -5.65. The van der Waals surface area contributed by atoms with Gasteiger partial charge in [-0.1, -0.05) is 48.5 Å². The lowest BCUT2D eigenvalue weighted by molar-refractivity contribution is -0.131. The normalized spacial score (nSPS) is 17.6. The van der Waals surface area contributed by atoms with E-state index in [0.717, 1.165) is 81.7 Å². The molecule has 0 bridgehead atoms. The first-order valence-corrected chi connectivity index (χ1v) is 17.4. The molecule has 264 valence electrons. The molecule has 0 saturated carbocycles. The smallest absolute Gasteiger partial charge is 0.410 e. The number of nitrogens with zero attached hydrogens (tertiary/aromatic N) is 4. The van der Waals surface area contributed by atoms with E-state index < -0.39 is 11.7 Å². The van der Waals surface area contributed by atoms with Crippen LogP contribution in [0, 0.1) is 0 Å². The van der Waals surface area contributed by atoms with Crippen molar-refractivity contribution in [1.29, 1.82) is 0 Å². The predicted octanol–water partition coefficient (Wildman–Crippen LogP) is 7.38. The highest BCUT2D eigenvalue weighted by Crippen LogP contribution is 2.35. The second kappa shape index (κ2) is 13.9. The quantitative estimate of drug-likeness (QED) is 0.162. The maximum Gasteiger partial charge on any atom is 0.410 e. The van der Waals surface area contributed by atoms with Crippen LogP contribution >= 0.6 is 0 Å². The van der Waals surface area contributed by atoms with Crippen LogP contribution in [0.15, 0.2) is 73.1 Å². The number of aromatic amines is 2. The fourth-order valence-corrected chi connectivity index (χ4v) is 7.00. The van der Waals surface area contributed by atoms with Crippen molar-refractivity contribution in [3.63, 3.8) is 0 Å². The number of carbonyl (C=O) groups excluding carboxylic acids is 3. The first kappa shape index (κ1) is 33.8. The molecule has 51 heavy (non-hydrogen) atoms. The van der Waals surface area contributed by atoms with Crippen molar-refractivity contribution in [3.05, 3.63) is 84.7 Å². The van der Waals surface area contributed by atoms with E-state index in [4.69, 9.17) is 4.74 Å². The molecular weight excluding hydrogens is 646 g/mol. The molecule has 12 nitrogen and oxygen atoms in total. The van der Waals surface area contributed by atoms with E-state index in [-0.39, 0.29) is 30.6 Å². The van der Waals surface area contributed by atoms with Gasteiger partial charge in [0, 0.05) is 18.7 Å². The number of benzene rings is 3. The Morgan fingerprint density at radius 1 is 0.765 bits per heavy atom. The summed E-state index contributed by atoms with van der Waals surface area (Å²) in [5.41, 5.74) is 5.47. The lowest BCUT2D eigenvalue weighted by Gasteiger charge is -2.27. The van der Waals surface area contributed by atoms with Gasteiger partial charge in [0.2, 0.25) is 5.91 Å². The topological polar surface area (TPSA) is 146 Å². The predicted molar refractivity (Wildman–Crippen MR) is 194 cm³/mol. The third kappa shape index (κ3) is 7.30. The van der Waals surface area contributed by atoms with Gasteiger partial charge in [0.1, 0.15) is 23.8 Å². The molecule has 2 saturated heterocycles. The van der Waals surface area contributed by atoms with Crippen molar-refractivity contribution >= 4 is 28.9 Å². The third-order valence-electron chi connectivity index (χ3n) is 9.53. The number of H-pyrrole nitrogens is 2. The lowest BCUT2D eigenvalue weighted by Crippen LogP contribution is -2.40. The van der Waals surface area contributed by atoms with E-state index in [0.29, 0.717) is 13.1 Å². The molecule has 3 amide bonds. The minimum atomic E-state index is -0.629. The lowest BCUT2D eigenvalue weighted by atomic mass is 9.98. The highest BCUT2D eigenvalue weighted by molar-refractivity contribution is 5.90. The van der Waals surface area contributed by atoms with Crippen molar-refractivity contribution in [2.75, 3.05) is 26.7 Å². The molecule has 0 radical (unpaired) electrons. The minimum Gasteiger partial charge on any atom is -0.453 e. The van der Waals surface area contributed by atoms with E-state index in [2.05, 4.69) is 90.7 Å². The fraction of sp³-hybridized carbons (Fsp3) is 0.359. The van der Waals surface area contributed by atoms with Crippen LogP contribution in [0.2, 0.25) is 0 Å². The Labute approximate surface area is 296 Å². The van der Waals surface area contributed by atoms with E-state index >= 15 is 0 Å². The van der Waals surface area contributed by atoms with Gasteiger partial charge in [-0.3, -0.25) is 9.69 Å². The zero-order valence-electron chi connectivity index (χ0n) is 29.4. The van der Waals surface area contributed by atoms with Crippen molar-refractivity contribution in [2.24, 2.45) is 0 Å². The second-order valence-electron chi connectivity index (χ2n) is 14.1. The maximum absolute atomic E-state index is 12.8. The summed E-state index contributed by atoms with van der Waals surface area (Å²) in [5, 5.41) is 4.71. The Balaban J connectivity index is 1.02. The molecule has 7 rings (SSSR count). The molecular formula is C39H43N7O5. The van der Waals surface area contributed by atoms with Crippen molar-refractivity contribution in [3.8, 4) is 33.6 Å². The summed E-state index contributed by atoms with van der Waals surface area (Å²) in [4.78, 5) is 56.7. The number of methoxy groups -OCH3 is 1. The summed E-state index contributed by atoms with van der Waals surface area (Å²) in [7, 11) is 1.27. The molecule has 5 aromatic rings. The van der Waals surface area contributed by atoms with Crippen LogP contribution in [0.25, 0.3) is 44.4 Å². The van der Waals surface area contributed by atoms with Crippen LogP contribution < -0.4 is 5.32 Å². The third-order valence-corrected chi connectivity index (χ3v) is 9.53. The van der Waals surface area contributed by atoms with E-state index in [1.54, 1.807) is 16.0 Å². The monoisotopic (exact) mass is 689 g/mol. The number of ether oxygens (including phenoxy) is 2. The Bertz CT molecular complexity index is 2060. The molecule has 3 N–H and O–H groups in total. The number of aromatic nitrogens is 4. The zero-order chi connectivity index (χ0) is 35.7. The molecule has 0 unspecified atom stereocenters. The first-order chi connectivity index (χ1) is 24.6. The molecule has 2 aromatic heterocycles. The molecule has 0 aliphatic carbocycles. The highest BCUT2D eigenvalue weighted by atomic mass is 16.6. The first-order valence-electron chi connectivity index (χ1n) is 17.4. The summed E-state index contributed by atoms with van der Waals surface area (Å²) in [6, 6.07) is 20.9. The Morgan fingerprint density at radius 2 is 1.29 bits per heavy atom. The van der Waals surface area contributed by atoms with Gasteiger partial charge in [-0.25, -0.2) is 19.6 Å². The van der Waals surface area contributed by atoms with Crippen molar-refractivity contribution < 1.29 is 23.9 Å². The van der Waals surface area contributed by atoms with Crippen LogP contribution in [0.5, 0.6) is 0 Å². The number of carbonyl (C=O) groups is 3. The maximum atomic E-state index is 12.8. The van der Waals surface area contributed by atoms with Gasteiger partial charge in [0.25, 0.3) is 0 Å². The summed E-state index contributed by atoms with van der Waals surface area (Å²) in [5.74, 6) is 1.35. The molecule has 2 atom stereocenters. The van der Waals surface area contributed by atoms with Gasteiger partial charge in [-0.15, -0.1) is 0 Å². The van der Waals surface area contributed by atoms with Crippen LogP contribution in [0.1, 0.15) is 70.2 Å². The number of amides is 3. The number of hydrogen-bond donors (Lipinski definition) is 3. The average Bonchev–Trinajstić information content (AvgIpc) is 3.95. The standard InChI is InChI=1S/C39H43N7O5/c1-39(2,3)51-38(49)46-18-6-8-33(46)36-41-22-31(44-36)29-16-15-27-19-26(13-14-28(27)20-29)24-9-11-25(12-10-24)30-21-40-35(43-30)32-7-5-17-45(32)34(47)23-42-37(48)50-4/h9-16,19-22,32-33H,5-8,17-18,23H2,1-4H3,(H,40,43)(H,41,44)(H,42,48)/t32-,33-/m0/s1. The molecule has 2 aliphatic rings. The highest BCUT2D eigenvalue weighted by Gasteiger charge is 2.35. The van der Waals surface area contributed by atoms with Crippen LogP contribution in [0.3, 0.4) is 0 Å². The molecule has 2 aliphatic heterocycles. The van der Waals surface area contributed by atoms with Crippen molar-refractivity contribution in [2.45, 2.75) is 64.1 Å². The van der Waals surface area contributed by atoms with Gasteiger partial charge in [-0.05, 0) is 86.1 Å². The van der Waals surface area contributed by atoms with Gasteiger partial charge < -0.3 is 29.7 Å². The van der Waals surface area contributed by atoms with Crippen molar-refractivity contribution in [1.82, 2.24) is 35.1 Å². The van der Waals surface area contributed by atoms with Crippen LogP contribution in [0.4, 0.5) is 9.59 Å². The SMILES string of the molecule is COC(=O)NCC(=O)N1CCC[C@H]1c1ncc(-c2ccc(-c3ccc4cc(-c5cnc([C@@H]6CCCN6C(=O)OC(C)(C)C)[nH]5)ccc4c3)cc2)[nH]1. The number of likely N-dealkylation sites (tertiary alicyclic amines) is 2. The molecule has 12 heteroatoms. The molecule has 3 aromatic carbocycles. The molecule has 2 fully saturated rings. The number of fused-ring (bicyclic) bond motifs is 1. The van der Waals surface area contributed by atoms with E-state index in [9.17, 15) is 14.4 Å². The Morgan fingerprint density at radius 3 is 1.92 bits per heavy atom. The zero-order valence-corrected chi connectivity index (χ0v) is 29.4. The largest absolute Gasteiger partial charge is 0.453 e. The van der Waals surface area contributed by atoms with Gasteiger partial charge in [0.15, 0.2) is 0 Å². The molecule has 4 heterocycles. The van der Waals surface area contributed by atoms with E-state index in [1.165, 1.54) is 7.11 Å². The number of hydrogen-bond acceptors (Lipinski definition) is 7. The van der Waals surface area contributed by atoms with Gasteiger partial charge in [-0.2, -0.15) is 0 Å². The summed E-state index contributed by atoms with van der Waals surface area (Å²) < 4.78 is 10.2. The second-order valence-corrected chi connectivity index (χ2v) is 14.1. The van der Waals surface area contributed by atoms with Crippen LogP contribution in [-0.4, -0.2) is 80.2 Å². The Kier molecular flexibility index (Phi) is 9.24. The summed E-state index contributed by atoms with van der Waals surface area (Å²) in [6.45, 7) is 6.80.